The molecule has 0 bridgehead atoms. The van der Waals surface area contributed by atoms with Crippen molar-refractivity contribution in [1.82, 2.24) is 0 Å². The maximum absolute atomic E-state index is 11.7. The van der Waals surface area contributed by atoms with E-state index in [4.69, 9.17) is 16.3 Å². The number of halogens is 1. The molecule has 0 N–H and O–H groups in total. The van der Waals surface area contributed by atoms with Gasteiger partial charge in [-0.2, -0.15) is 0 Å². The SMILES string of the molecule is C=C1CC(=O)N(c2cc(Cl)cc(OC)c2)C1=O. The normalized spacial score (nSPS) is 15.6. The second kappa shape index (κ2) is 4.22. The number of carbonyl (C=O) groups excluding carboxylic acids is 2. The minimum absolute atomic E-state index is 0.0493. The first-order valence-corrected chi connectivity index (χ1v) is 5.30. The minimum Gasteiger partial charge on any atom is -0.497 e. The van der Waals surface area contributed by atoms with Crippen LogP contribution < -0.4 is 9.64 Å². The Morgan fingerprint density at radius 1 is 1.35 bits per heavy atom. The Morgan fingerprint density at radius 3 is 2.59 bits per heavy atom. The van der Waals surface area contributed by atoms with Crippen LogP contribution in [0.2, 0.25) is 5.02 Å². The van der Waals surface area contributed by atoms with Gasteiger partial charge in [-0.3, -0.25) is 9.59 Å². The van der Waals surface area contributed by atoms with Crippen LogP contribution in [0.5, 0.6) is 5.75 Å². The number of nitrogens with zero attached hydrogens (tertiary/aromatic N) is 1. The Morgan fingerprint density at radius 2 is 2.06 bits per heavy atom. The summed E-state index contributed by atoms with van der Waals surface area (Å²) in [6.45, 7) is 3.55. The van der Waals surface area contributed by atoms with Gasteiger partial charge in [0.2, 0.25) is 5.91 Å². The summed E-state index contributed by atoms with van der Waals surface area (Å²) in [6.07, 6.45) is 0.0493. The van der Waals surface area contributed by atoms with Gasteiger partial charge < -0.3 is 4.74 Å². The third kappa shape index (κ3) is 2.03. The van der Waals surface area contributed by atoms with Crippen LogP contribution in [0.25, 0.3) is 0 Å². The van der Waals surface area contributed by atoms with E-state index in [0.717, 1.165) is 4.90 Å². The van der Waals surface area contributed by atoms with E-state index in [1.807, 2.05) is 0 Å². The Balaban J connectivity index is 2.47. The molecule has 2 amide bonds. The summed E-state index contributed by atoms with van der Waals surface area (Å²) in [5.74, 6) is -0.200. The fraction of sp³-hybridized carbons (Fsp3) is 0.167. The summed E-state index contributed by atoms with van der Waals surface area (Å²) in [5, 5.41) is 0.400. The van der Waals surface area contributed by atoms with Crippen molar-refractivity contribution in [3.63, 3.8) is 0 Å². The lowest BCUT2D eigenvalue weighted by Gasteiger charge is -2.14. The number of imide groups is 1. The fourth-order valence-corrected chi connectivity index (χ4v) is 1.88. The Bertz CT molecular complexity index is 524. The average Bonchev–Trinajstić information content (AvgIpc) is 2.52. The lowest BCUT2D eigenvalue weighted by molar-refractivity contribution is -0.120. The van der Waals surface area contributed by atoms with Crippen molar-refractivity contribution in [1.29, 1.82) is 0 Å². The number of hydrogen-bond acceptors (Lipinski definition) is 3. The quantitative estimate of drug-likeness (QED) is 0.598. The summed E-state index contributed by atoms with van der Waals surface area (Å²) in [7, 11) is 1.49. The van der Waals surface area contributed by atoms with Gasteiger partial charge >= 0.3 is 0 Å². The highest BCUT2D eigenvalue weighted by molar-refractivity contribution is 6.32. The molecule has 0 radical (unpaired) electrons. The van der Waals surface area contributed by atoms with Gasteiger partial charge in [-0.05, 0) is 12.1 Å². The van der Waals surface area contributed by atoms with E-state index < -0.39 is 0 Å². The van der Waals surface area contributed by atoms with E-state index in [1.54, 1.807) is 18.2 Å². The van der Waals surface area contributed by atoms with E-state index in [9.17, 15) is 9.59 Å². The summed E-state index contributed by atoms with van der Waals surface area (Å²) in [4.78, 5) is 24.5. The van der Waals surface area contributed by atoms with Crippen molar-refractivity contribution in [2.24, 2.45) is 0 Å². The highest BCUT2D eigenvalue weighted by atomic mass is 35.5. The third-order valence-electron chi connectivity index (χ3n) is 2.47. The molecule has 1 aromatic carbocycles. The maximum atomic E-state index is 11.7. The zero-order chi connectivity index (χ0) is 12.6. The molecule has 0 aromatic heterocycles. The van der Waals surface area contributed by atoms with E-state index in [1.165, 1.54) is 7.11 Å². The van der Waals surface area contributed by atoms with Crippen LogP contribution >= 0.6 is 11.6 Å². The summed E-state index contributed by atoms with van der Waals surface area (Å²) < 4.78 is 5.04. The highest BCUT2D eigenvalue weighted by Crippen LogP contribution is 2.31. The first-order chi connectivity index (χ1) is 8.02. The monoisotopic (exact) mass is 251 g/mol. The predicted molar refractivity (Wildman–Crippen MR) is 64.3 cm³/mol. The van der Waals surface area contributed by atoms with Gasteiger partial charge in [-0.25, -0.2) is 4.90 Å². The summed E-state index contributed by atoms with van der Waals surface area (Å²) in [5.41, 5.74) is 0.692. The number of anilines is 1. The smallest absolute Gasteiger partial charge is 0.260 e. The molecule has 0 unspecified atom stereocenters. The van der Waals surface area contributed by atoms with E-state index in [-0.39, 0.29) is 23.8 Å². The van der Waals surface area contributed by atoms with Gasteiger partial charge in [0, 0.05) is 16.7 Å². The third-order valence-corrected chi connectivity index (χ3v) is 2.69. The van der Waals surface area contributed by atoms with Crippen LogP contribution in [0, 0.1) is 0 Å². The van der Waals surface area contributed by atoms with Crippen LogP contribution in [0.15, 0.2) is 30.4 Å². The number of amides is 2. The molecular formula is C12H10ClNO3. The number of benzene rings is 1. The molecule has 1 fully saturated rings. The number of hydrogen-bond donors (Lipinski definition) is 0. The number of rotatable bonds is 2. The molecule has 0 saturated carbocycles. The van der Waals surface area contributed by atoms with Crippen LogP contribution in [-0.4, -0.2) is 18.9 Å². The highest BCUT2D eigenvalue weighted by Gasteiger charge is 2.34. The van der Waals surface area contributed by atoms with E-state index in [2.05, 4.69) is 6.58 Å². The van der Waals surface area contributed by atoms with Gasteiger partial charge in [-0.15, -0.1) is 0 Å². The predicted octanol–water partition coefficient (Wildman–Crippen LogP) is 2.17. The Labute approximate surface area is 103 Å². The molecule has 5 heteroatoms. The molecule has 0 spiro atoms. The van der Waals surface area contributed by atoms with Gasteiger partial charge in [0.05, 0.1) is 19.2 Å². The first kappa shape index (κ1) is 11.7. The Kier molecular flexibility index (Phi) is 2.90. The second-order valence-corrected chi connectivity index (χ2v) is 4.10. The summed E-state index contributed by atoms with van der Waals surface area (Å²) >= 11 is 5.89. The molecule has 1 aliphatic heterocycles. The molecular weight excluding hydrogens is 242 g/mol. The largest absolute Gasteiger partial charge is 0.497 e. The van der Waals surface area contributed by atoms with Crippen LogP contribution in [0.3, 0.4) is 0 Å². The molecule has 88 valence electrons. The van der Waals surface area contributed by atoms with Gasteiger partial charge in [0.15, 0.2) is 0 Å². The average molecular weight is 252 g/mol. The first-order valence-electron chi connectivity index (χ1n) is 4.92. The molecule has 1 saturated heterocycles. The van der Waals surface area contributed by atoms with Gasteiger partial charge in [0.1, 0.15) is 5.75 Å². The molecule has 2 rings (SSSR count). The summed E-state index contributed by atoms with van der Waals surface area (Å²) in [6, 6.07) is 4.73. The molecule has 17 heavy (non-hydrogen) atoms. The minimum atomic E-state index is -0.390. The van der Waals surface area contributed by atoms with Crippen molar-refractivity contribution in [3.8, 4) is 5.75 Å². The number of ether oxygens (including phenoxy) is 1. The van der Waals surface area contributed by atoms with Gasteiger partial charge in [0.25, 0.3) is 5.91 Å². The molecule has 0 atom stereocenters. The van der Waals surface area contributed by atoms with E-state index >= 15 is 0 Å². The van der Waals surface area contributed by atoms with Crippen LogP contribution in [0.4, 0.5) is 5.69 Å². The zero-order valence-electron chi connectivity index (χ0n) is 9.20. The molecule has 0 aliphatic carbocycles. The van der Waals surface area contributed by atoms with Crippen molar-refractivity contribution in [3.05, 3.63) is 35.4 Å². The van der Waals surface area contributed by atoms with Crippen molar-refractivity contribution in [2.45, 2.75) is 6.42 Å². The van der Waals surface area contributed by atoms with Crippen LogP contribution in [-0.2, 0) is 9.59 Å². The van der Waals surface area contributed by atoms with Gasteiger partial charge in [-0.1, -0.05) is 18.2 Å². The zero-order valence-corrected chi connectivity index (χ0v) is 9.95. The fourth-order valence-electron chi connectivity index (χ4n) is 1.66. The molecule has 4 nitrogen and oxygen atoms in total. The van der Waals surface area contributed by atoms with Crippen molar-refractivity contribution < 1.29 is 14.3 Å². The van der Waals surface area contributed by atoms with Crippen molar-refractivity contribution >= 4 is 29.1 Å². The Hall–Kier alpha value is -1.81. The van der Waals surface area contributed by atoms with Crippen molar-refractivity contribution in [2.75, 3.05) is 12.0 Å². The van der Waals surface area contributed by atoms with Crippen LogP contribution in [0.1, 0.15) is 6.42 Å². The topological polar surface area (TPSA) is 46.6 Å². The lowest BCUT2D eigenvalue weighted by Crippen LogP contribution is -2.28. The lowest BCUT2D eigenvalue weighted by atomic mass is 10.2. The second-order valence-electron chi connectivity index (χ2n) is 3.66. The number of methoxy groups -OCH3 is 1. The molecule has 1 aliphatic rings. The molecule has 1 aromatic rings. The standard InChI is InChI=1S/C12H10ClNO3/c1-7-3-11(15)14(12(7)16)9-4-8(13)5-10(6-9)17-2/h4-6H,1,3H2,2H3. The molecule has 1 heterocycles. The maximum Gasteiger partial charge on any atom is 0.260 e. The van der Waals surface area contributed by atoms with E-state index in [0.29, 0.717) is 16.5 Å². The number of carbonyl (C=O) groups is 2.